The minimum atomic E-state index is -0.315. The first-order valence-corrected chi connectivity index (χ1v) is 9.02. The normalized spacial score (nSPS) is 10.6. The largest absolute Gasteiger partial charge is 0.504 e. The SMILES string of the molecule is COc1cccc(/C=N\NC(=O)CCCC(=O)Nc2ccc(Br)cc2)c1O. The van der Waals surface area contributed by atoms with Crippen LogP contribution < -0.4 is 15.5 Å². The van der Waals surface area contributed by atoms with Gasteiger partial charge in [0, 0.05) is 28.6 Å². The monoisotopic (exact) mass is 433 g/mol. The van der Waals surface area contributed by atoms with Gasteiger partial charge in [-0.15, -0.1) is 0 Å². The number of hydrogen-bond donors (Lipinski definition) is 3. The molecule has 2 aromatic rings. The highest BCUT2D eigenvalue weighted by atomic mass is 79.9. The molecule has 8 heteroatoms. The fraction of sp³-hybridized carbons (Fsp3) is 0.211. The number of nitrogens with zero attached hydrogens (tertiary/aromatic N) is 1. The van der Waals surface area contributed by atoms with Gasteiger partial charge in [-0.1, -0.05) is 22.0 Å². The van der Waals surface area contributed by atoms with E-state index in [1.807, 2.05) is 12.1 Å². The maximum absolute atomic E-state index is 11.9. The number of aromatic hydroxyl groups is 1. The van der Waals surface area contributed by atoms with Crippen molar-refractivity contribution in [3.05, 3.63) is 52.5 Å². The number of hydrogen-bond acceptors (Lipinski definition) is 5. The number of phenols is 1. The van der Waals surface area contributed by atoms with Crippen LogP contribution in [0.3, 0.4) is 0 Å². The molecule has 2 aromatic carbocycles. The zero-order valence-corrected chi connectivity index (χ0v) is 16.3. The number of ether oxygens (including phenoxy) is 1. The molecule has 0 saturated carbocycles. The molecule has 0 heterocycles. The van der Waals surface area contributed by atoms with E-state index in [9.17, 15) is 14.7 Å². The van der Waals surface area contributed by atoms with Gasteiger partial charge in [-0.05, 0) is 42.8 Å². The summed E-state index contributed by atoms with van der Waals surface area (Å²) in [5.41, 5.74) is 3.49. The van der Waals surface area contributed by atoms with Gasteiger partial charge in [0.05, 0.1) is 13.3 Å². The van der Waals surface area contributed by atoms with Crippen LogP contribution in [0.5, 0.6) is 11.5 Å². The Kier molecular flexibility index (Phi) is 7.81. The smallest absolute Gasteiger partial charge is 0.240 e. The molecule has 0 aliphatic carbocycles. The average Bonchev–Trinajstić information content (AvgIpc) is 2.65. The summed E-state index contributed by atoms with van der Waals surface area (Å²) >= 11 is 3.33. The standard InChI is InChI=1S/C19H20BrN3O4/c1-27-16-5-2-4-13(19(16)26)12-21-23-18(25)7-3-6-17(24)22-15-10-8-14(20)9-11-15/h2,4-5,8-12,26H,3,6-7H2,1H3,(H,22,24)(H,23,25)/b21-12-. The molecule has 0 bridgehead atoms. The molecule has 0 aliphatic heterocycles. The average molecular weight is 434 g/mol. The third-order valence-corrected chi connectivity index (χ3v) is 4.11. The molecule has 0 saturated heterocycles. The summed E-state index contributed by atoms with van der Waals surface area (Å²) in [6, 6.07) is 12.2. The van der Waals surface area contributed by atoms with E-state index in [2.05, 4.69) is 31.8 Å². The zero-order chi connectivity index (χ0) is 19.6. The summed E-state index contributed by atoms with van der Waals surface area (Å²) < 4.78 is 5.93. The van der Waals surface area contributed by atoms with Crippen molar-refractivity contribution in [1.82, 2.24) is 5.43 Å². The lowest BCUT2D eigenvalue weighted by atomic mass is 10.2. The van der Waals surface area contributed by atoms with Gasteiger partial charge in [-0.2, -0.15) is 5.10 Å². The summed E-state index contributed by atoms with van der Waals surface area (Å²) in [6.45, 7) is 0. The van der Waals surface area contributed by atoms with Crippen LogP contribution >= 0.6 is 15.9 Å². The van der Waals surface area contributed by atoms with Crippen molar-refractivity contribution in [1.29, 1.82) is 0 Å². The molecule has 0 fully saturated rings. The minimum absolute atomic E-state index is 0.0531. The van der Waals surface area contributed by atoms with Crippen LogP contribution in [0.15, 0.2) is 52.0 Å². The van der Waals surface area contributed by atoms with Crippen molar-refractivity contribution in [2.75, 3.05) is 12.4 Å². The van der Waals surface area contributed by atoms with E-state index in [-0.39, 0.29) is 30.4 Å². The third kappa shape index (κ3) is 6.74. The van der Waals surface area contributed by atoms with E-state index in [0.29, 0.717) is 23.4 Å². The van der Waals surface area contributed by atoms with Crippen LogP contribution in [0.1, 0.15) is 24.8 Å². The lowest BCUT2D eigenvalue weighted by molar-refractivity contribution is -0.121. The van der Waals surface area contributed by atoms with E-state index < -0.39 is 0 Å². The first-order valence-electron chi connectivity index (χ1n) is 8.23. The molecule has 0 atom stereocenters. The van der Waals surface area contributed by atoms with Gasteiger partial charge in [0.1, 0.15) is 0 Å². The minimum Gasteiger partial charge on any atom is -0.504 e. The fourth-order valence-corrected chi connectivity index (χ4v) is 2.47. The van der Waals surface area contributed by atoms with E-state index in [1.54, 1.807) is 30.3 Å². The molecule has 27 heavy (non-hydrogen) atoms. The number of nitrogens with one attached hydrogen (secondary N) is 2. The summed E-state index contributed by atoms with van der Waals surface area (Å²) in [5, 5.41) is 16.5. The number of amides is 2. The Balaban J connectivity index is 1.71. The van der Waals surface area contributed by atoms with Crippen molar-refractivity contribution in [2.45, 2.75) is 19.3 Å². The maximum atomic E-state index is 11.9. The highest BCUT2D eigenvalue weighted by molar-refractivity contribution is 9.10. The quantitative estimate of drug-likeness (QED) is 0.438. The van der Waals surface area contributed by atoms with Gasteiger partial charge < -0.3 is 15.2 Å². The fourth-order valence-electron chi connectivity index (χ4n) is 2.20. The van der Waals surface area contributed by atoms with E-state index in [4.69, 9.17) is 4.74 Å². The topological polar surface area (TPSA) is 100 Å². The van der Waals surface area contributed by atoms with Crippen LogP contribution in [0.2, 0.25) is 0 Å². The molecule has 7 nitrogen and oxygen atoms in total. The van der Waals surface area contributed by atoms with E-state index in [0.717, 1.165) is 4.47 Å². The molecule has 3 N–H and O–H groups in total. The predicted molar refractivity (Wildman–Crippen MR) is 107 cm³/mol. The number of anilines is 1. The molecule has 0 unspecified atom stereocenters. The maximum Gasteiger partial charge on any atom is 0.240 e. The van der Waals surface area contributed by atoms with Crippen molar-refractivity contribution in [2.24, 2.45) is 5.10 Å². The van der Waals surface area contributed by atoms with Crippen LogP contribution in [0.25, 0.3) is 0 Å². The number of carbonyl (C=O) groups is 2. The Morgan fingerprint density at radius 1 is 1.15 bits per heavy atom. The molecular formula is C19H20BrN3O4. The highest BCUT2D eigenvalue weighted by Crippen LogP contribution is 2.27. The zero-order valence-electron chi connectivity index (χ0n) is 14.7. The summed E-state index contributed by atoms with van der Waals surface area (Å²) in [7, 11) is 1.45. The van der Waals surface area contributed by atoms with Gasteiger partial charge >= 0.3 is 0 Å². The number of halogens is 1. The Bertz CT molecular complexity index is 822. The summed E-state index contributed by atoms with van der Waals surface area (Å²) in [4.78, 5) is 23.6. The lowest BCUT2D eigenvalue weighted by Crippen LogP contribution is -2.18. The highest BCUT2D eigenvalue weighted by Gasteiger charge is 2.07. The Hall–Kier alpha value is -2.87. The molecule has 0 radical (unpaired) electrons. The van der Waals surface area contributed by atoms with Gasteiger partial charge in [0.25, 0.3) is 0 Å². The Morgan fingerprint density at radius 2 is 1.85 bits per heavy atom. The number of methoxy groups -OCH3 is 1. The van der Waals surface area contributed by atoms with Crippen LogP contribution in [0, 0.1) is 0 Å². The molecule has 0 spiro atoms. The van der Waals surface area contributed by atoms with E-state index >= 15 is 0 Å². The van der Waals surface area contributed by atoms with Crippen LogP contribution in [0.4, 0.5) is 5.69 Å². The third-order valence-electron chi connectivity index (χ3n) is 3.58. The van der Waals surface area contributed by atoms with Gasteiger partial charge in [0.15, 0.2) is 11.5 Å². The van der Waals surface area contributed by atoms with Gasteiger partial charge in [0.2, 0.25) is 11.8 Å². The molecule has 2 amide bonds. The Labute approximate surface area is 165 Å². The number of hydrazone groups is 1. The predicted octanol–water partition coefficient (Wildman–Crippen LogP) is 3.42. The second-order valence-electron chi connectivity index (χ2n) is 5.60. The molecule has 0 aromatic heterocycles. The molecule has 0 aliphatic rings. The van der Waals surface area contributed by atoms with Crippen molar-refractivity contribution in [3.63, 3.8) is 0 Å². The lowest BCUT2D eigenvalue weighted by Gasteiger charge is -2.05. The van der Waals surface area contributed by atoms with Crippen molar-refractivity contribution < 1.29 is 19.4 Å². The second kappa shape index (κ2) is 10.3. The van der Waals surface area contributed by atoms with Crippen LogP contribution in [-0.2, 0) is 9.59 Å². The number of rotatable bonds is 8. The second-order valence-corrected chi connectivity index (χ2v) is 6.52. The number of benzene rings is 2. The summed E-state index contributed by atoms with van der Waals surface area (Å²) in [6.07, 6.45) is 2.11. The van der Waals surface area contributed by atoms with Gasteiger partial charge in [-0.3, -0.25) is 9.59 Å². The number of carbonyl (C=O) groups excluding carboxylic acids is 2. The van der Waals surface area contributed by atoms with Crippen LogP contribution in [-0.4, -0.2) is 30.2 Å². The number of phenolic OH excluding ortho intramolecular Hbond substituents is 1. The molecule has 2 rings (SSSR count). The van der Waals surface area contributed by atoms with Crippen molar-refractivity contribution >= 4 is 39.6 Å². The first kappa shape index (κ1) is 20.4. The number of para-hydroxylation sites is 1. The van der Waals surface area contributed by atoms with Gasteiger partial charge in [-0.25, -0.2) is 5.43 Å². The Morgan fingerprint density at radius 3 is 2.56 bits per heavy atom. The molecule has 142 valence electrons. The molecular weight excluding hydrogens is 414 g/mol. The first-order chi connectivity index (χ1) is 13.0. The summed E-state index contributed by atoms with van der Waals surface area (Å²) in [5.74, 6) is -0.204. The van der Waals surface area contributed by atoms with E-state index in [1.165, 1.54) is 13.3 Å². The van der Waals surface area contributed by atoms with Crippen molar-refractivity contribution in [3.8, 4) is 11.5 Å².